The van der Waals surface area contributed by atoms with E-state index in [1.165, 1.54) is 4.57 Å². The Morgan fingerprint density at radius 2 is 2.10 bits per heavy atom. The van der Waals surface area contributed by atoms with Gasteiger partial charge in [-0.25, -0.2) is 4.79 Å². The predicted molar refractivity (Wildman–Crippen MR) is 74.4 cm³/mol. The monoisotopic (exact) mass is 298 g/mol. The summed E-state index contributed by atoms with van der Waals surface area (Å²) in [5.74, 6) is 0.460. The molecule has 1 aromatic rings. The molecule has 3 atom stereocenters. The summed E-state index contributed by atoms with van der Waals surface area (Å²) in [4.78, 5) is 29.5. The number of nitrogens with zero attached hydrogens (tertiary/aromatic N) is 3. The highest BCUT2D eigenvalue weighted by Gasteiger charge is 2.41. The van der Waals surface area contributed by atoms with E-state index < -0.39 is 29.7 Å². The van der Waals surface area contributed by atoms with E-state index in [4.69, 9.17) is 9.84 Å². The molecule has 1 saturated heterocycles. The number of aliphatic hydroxyl groups is 2. The van der Waals surface area contributed by atoms with Crippen LogP contribution in [0.3, 0.4) is 0 Å². The number of fused-ring (bicyclic) bond motifs is 1. The quantitative estimate of drug-likeness (QED) is 0.566. The topological polar surface area (TPSA) is 111 Å². The molecule has 0 aromatic carbocycles. The summed E-state index contributed by atoms with van der Waals surface area (Å²) in [6.45, 7) is 0.0910. The van der Waals surface area contributed by atoms with Gasteiger partial charge in [-0.3, -0.25) is 14.3 Å². The first kappa shape index (κ1) is 14.1. The molecule has 116 valence electrons. The first-order chi connectivity index (χ1) is 9.93. The second-order valence-electron chi connectivity index (χ2n) is 5.41. The Balaban J connectivity index is 2.03. The van der Waals surface area contributed by atoms with Crippen LogP contribution in [0.15, 0.2) is 9.59 Å². The van der Waals surface area contributed by atoms with Gasteiger partial charge in [0.15, 0.2) is 0 Å². The van der Waals surface area contributed by atoms with Gasteiger partial charge in [0, 0.05) is 20.5 Å². The number of nitrogens with one attached hydrogen (secondary N) is 1. The van der Waals surface area contributed by atoms with Crippen LogP contribution in [0.2, 0.25) is 0 Å². The minimum absolute atomic E-state index is 0.275. The lowest BCUT2D eigenvalue weighted by Crippen LogP contribution is -2.39. The zero-order valence-electron chi connectivity index (χ0n) is 11.8. The number of aliphatic hydroxyl groups excluding tert-OH is 2. The zero-order chi connectivity index (χ0) is 15.3. The number of aromatic amines is 1. The third kappa shape index (κ3) is 2.04. The van der Waals surface area contributed by atoms with E-state index in [-0.39, 0.29) is 6.61 Å². The Labute approximate surface area is 120 Å². The number of hydrogen-bond acceptors (Lipinski definition) is 7. The second kappa shape index (κ2) is 4.86. The first-order valence-electron chi connectivity index (χ1n) is 6.69. The Kier molecular flexibility index (Phi) is 3.27. The molecule has 0 aliphatic carbocycles. The van der Waals surface area contributed by atoms with Crippen molar-refractivity contribution in [2.75, 3.05) is 30.1 Å². The van der Waals surface area contributed by atoms with Crippen LogP contribution in [0.5, 0.6) is 0 Å². The molecule has 0 radical (unpaired) electrons. The SMILES string of the molecule is CN1CN([C@H]2C[C@H](O)[C@@H](CO)O2)c2c1c(=O)[nH]c(=O)n2C. The smallest absolute Gasteiger partial charge is 0.329 e. The van der Waals surface area contributed by atoms with Gasteiger partial charge < -0.3 is 24.7 Å². The number of rotatable bonds is 2. The average Bonchev–Trinajstić information content (AvgIpc) is 2.96. The lowest BCUT2D eigenvalue weighted by molar-refractivity contribution is -0.0221. The van der Waals surface area contributed by atoms with Crippen molar-refractivity contribution in [3.8, 4) is 0 Å². The van der Waals surface area contributed by atoms with E-state index >= 15 is 0 Å². The molecule has 9 heteroatoms. The lowest BCUT2D eigenvalue weighted by Gasteiger charge is -2.26. The fraction of sp³-hybridized carbons (Fsp3) is 0.667. The van der Waals surface area contributed by atoms with Crippen molar-refractivity contribution >= 4 is 11.5 Å². The van der Waals surface area contributed by atoms with Crippen molar-refractivity contribution in [3.63, 3.8) is 0 Å². The van der Waals surface area contributed by atoms with E-state index in [2.05, 4.69) is 4.98 Å². The third-order valence-corrected chi connectivity index (χ3v) is 4.02. The maximum Gasteiger partial charge on any atom is 0.329 e. The highest BCUT2D eigenvalue weighted by molar-refractivity contribution is 5.71. The van der Waals surface area contributed by atoms with Crippen LogP contribution in [0, 0.1) is 0 Å². The molecule has 3 heterocycles. The fourth-order valence-corrected chi connectivity index (χ4v) is 2.93. The van der Waals surface area contributed by atoms with Crippen molar-refractivity contribution in [3.05, 3.63) is 20.8 Å². The summed E-state index contributed by atoms with van der Waals surface area (Å²) in [6.07, 6.45) is -1.61. The van der Waals surface area contributed by atoms with Crippen LogP contribution < -0.4 is 21.0 Å². The van der Waals surface area contributed by atoms with Crippen LogP contribution >= 0.6 is 0 Å². The molecule has 9 nitrogen and oxygen atoms in total. The average molecular weight is 298 g/mol. The Bertz CT molecular complexity index is 669. The summed E-state index contributed by atoms with van der Waals surface area (Å²) < 4.78 is 6.97. The molecule has 21 heavy (non-hydrogen) atoms. The molecule has 2 aliphatic heterocycles. The van der Waals surface area contributed by atoms with E-state index in [0.717, 1.165) is 0 Å². The molecule has 0 spiro atoms. The minimum atomic E-state index is -0.770. The maximum absolute atomic E-state index is 12.0. The van der Waals surface area contributed by atoms with Gasteiger partial charge in [0.1, 0.15) is 23.8 Å². The third-order valence-electron chi connectivity index (χ3n) is 4.02. The molecule has 0 saturated carbocycles. The molecule has 0 unspecified atom stereocenters. The molecular formula is C12H18N4O5. The molecule has 3 N–H and O–H groups in total. The van der Waals surface area contributed by atoms with Gasteiger partial charge in [0.2, 0.25) is 0 Å². The lowest BCUT2D eigenvalue weighted by atomic mass is 10.2. The zero-order valence-corrected chi connectivity index (χ0v) is 11.8. The second-order valence-corrected chi connectivity index (χ2v) is 5.41. The van der Waals surface area contributed by atoms with E-state index in [1.54, 1.807) is 23.9 Å². The van der Waals surface area contributed by atoms with Gasteiger partial charge in [0.25, 0.3) is 5.56 Å². The highest BCUT2D eigenvalue weighted by Crippen LogP contribution is 2.35. The van der Waals surface area contributed by atoms with E-state index in [1.807, 2.05) is 0 Å². The normalized spacial score (nSPS) is 28.3. The van der Waals surface area contributed by atoms with Gasteiger partial charge >= 0.3 is 5.69 Å². The van der Waals surface area contributed by atoms with Crippen molar-refractivity contribution in [1.82, 2.24) is 9.55 Å². The number of H-pyrrole nitrogens is 1. The van der Waals surface area contributed by atoms with Crippen LogP contribution in [-0.2, 0) is 11.8 Å². The molecule has 0 bridgehead atoms. The summed E-state index contributed by atoms with van der Waals surface area (Å²) in [6, 6.07) is 0. The first-order valence-corrected chi connectivity index (χ1v) is 6.69. The van der Waals surface area contributed by atoms with Crippen LogP contribution in [0.1, 0.15) is 6.42 Å². The maximum atomic E-state index is 12.0. The van der Waals surface area contributed by atoms with Crippen molar-refractivity contribution in [2.24, 2.45) is 7.05 Å². The molecule has 2 aliphatic rings. The minimum Gasteiger partial charge on any atom is -0.394 e. The van der Waals surface area contributed by atoms with E-state index in [0.29, 0.717) is 24.6 Å². The number of anilines is 2. The number of aromatic nitrogens is 2. The molecule has 0 amide bonds. The summed E-state index contributed by atoms with van der Waals surface area (Å²) >= 11 is 0. The van der Waals surface area contributed by atoms with Gasteiger partial charge in [-0.15, -0.1) is 0 Å². The van der Waals surface area contributed by atoms with Crippen molar-refractivity contribution in [2.45, 2.75) is 24.9 Å². The molecule has 1 aromatic heterocycles. The Morgan fingerprint density at radius 1 is 1.38 bits per heavy atom. The summed E-state index contributed by atoms with van der Waals surface area (Å²) in [5, 5.41) is 19.0. The largest absolute Gasteiger partial charge is 0.394 e. The molecule has 3 rings (SSSR count). The number of ether oxygens (including phenoxy) is 1. The van der Waals surface area contributed by atoms with E-state index in [9.17, 15) is 14.7 Å². The van der Waals surface area contributed by atoms with Gasteiger partial charge in [-0.05, 0) is 0 Å². The highest BCUT2D eigenvalue weighted by atomic mass is 16.5. The summed E-state index contributed by atoms with van der Waals surface area (Å²) in [7, 11) is 3.31. The summed E-state index contributed by atoms with van der Waals surface area (Å²) in [5.41, 5.74) is -0.561. The van der Waals surface area contributed by atoms with Crippen LogP contribution in [0.4, 0.5) is 11.5 Å². The van der Waals surface area contributed by atoms with Crippen LogP contribution in [-0.4, -0.2) is 58.5 Å². The number of hydrogen-bond donors (Lipinski definition) is 3. The van der Waals surface area contributed by atoms with Crippen LogP contribution in [0.25, 0.3) is 0 Å². The van der Waals surface area contributed by atoms with Crippen molar-refractivity contribution in [1.29, 1.82) is 0 Å². The van der Waals surface area contributed by atoms with Crippen molar-refractivity contribution < 1.29 is 14.9 Å². The molecule has 1 fully saturated rings. The Hall–Kier alpha value is -1.84. The van der Waals surface area contributed by atoms with Gasteiger partial charge in [0.05, 0.1) is 19.4 Å². The Morgan fingerprint density at radius 3 is 2.71 bits per heavy atom. The molecular weight excluding hydrogens is 280 g/mol. The van der Waals surface area contributed by atoms with Gasteiger partial charge in [-0.1, -0.05) is 0 Å². The standard InChI is InChI=1S/C12H18N4O5/c1-14-5-16(8-3-6(18)7(4-17)21-8)11-9(14)10(19)13-12(20)15(11)2/h6-8,17-18H,3-5H2,1-2H3,(H,13,19,20)/t6-,7+,8+/m0/s1. The van der Waals surface area contributed by atoms with Gasteiger partial charge in [-0.2, -0.15) is 0 Å². The predicted octanol–water partition coefficient (Wildman–Crippen LogP) is -2.24. The fourth-order valence-electron chi connectivity index (χ4n) is 2.93.